The summed E-state index contributed by atoms with van der Waals surface area (Å²) in [6, 6.07) is 10.4. The zero-order valence-electron chi connectivity index (χ0n) is 10.8. The maximum Gasteiger partial charge on any atom is 0.147 e. The molecule has 0 aliphatic rings. The highest BCUT2D eigenvalue weighted by atomic mass is 32.2. The molecule has 102 valence electrons. The van der Waals surface area contributed by atoms with Gasteiger partial charge >= 0.3 is 0 Å². The standard InChI is InChI=1S/C13H22N2O2S/c1-18(16,17)11-5-8-13(15-14)10-9-12-6-3-2-4-7-12/h2-4,6-7,13,15H,5,8-11,14H2,1H3. The second kappa shape index (κ2) is 7.51. The highest BCUT2D eigenvalue weighted by molar-refractivity contribution is 7.90. The molecule has 4 nitrogen and oxygen atoms in total. The van der Waals surface area contributed by atoms with Crippen molar-refractivity contribution in [3.63, 3.8) is 0 Å². The zero-order valence-corrected chi connectivity index (χ0v) is 11.6. The highest BCUT2D eigenvalue weighted by Crippen LogP contribution is 2.09. The summed E-state index contributed by atoms with van der Waals surface area (Å²) in [5.41, 5.74) is 4.04. The van der Waals surface area contributed by atoms with E-state index in [1.54, 1.807) is 0 Å². The average molecular weight is 270 g/mol. The van der Waals surface area contributed by atoms with Crippen molar-refractivity contribution in [1.29, 1.82) is 0 Å². The molecule has 0 saturated carbocycles. The van der Waals surface area contributed by atoms with E-state index in [4.69, 9.17) is 5.84 Å². The number of rotatable bonds is 8. The van der Waals surface area contributed by atoms with Crippen LogP contribution in [0.3, 0.4) is 0 Å². The Hall–Kier alpha value is -0.910. The number of benzene rings is 1. The van der Waals surface area contributed by atoms with Crippen LogP contribution in [0.1, 0.15) is 24.8 Å². The molecule has 0 saturated heterocycles. The van der Waals surface area contributed by atoms with Crippen molar-refractivity contribution in [3.05, 3.63) is 35.9 Å². The van der Waals surface area contributed by atoms with E-state index in [9.17, 15) is 8.42 Å². The Bertz CT molecular complexity index is 432. The maximum absolute atomic E-state index is 11.0. The molecule has 5 heteroatoms. The lowest BCUT2D eigenvalue weighted by Crippen LogP contribution is -2.35. The monoisotopic (exact) mass is 270 g/mol. The fraction of sp³-hybridized carbons (Fsp3) is 0.538. The van der Waals surface area contributed by atoms with Crippen LogP contribution in [-0.2, 0) is 16.3 Å². The number of sulfone groups is 1. The Kier molecular flexibility index (Phi) is 6.32. The number of nitrogens with two attached hydrogens (primary N) is 1. The quantitative estimate of drug-likeness (QED) is 0.551. The molecule has 1 atom stereocenters. The van der Waals surface area contributed by atoms with E-state index in [0.717, 1.165) is 19.3 Å². The molecule has 0 aliphatic carbocycles. The smallest absolute Gasteiger partial charge is 0.147 e. The van der Waals surface area contributed by atoms with Gasteiger partial charge < -0.3 is 0 Å². The van der Waals surface area contributed by atoms with Gasteiger partial charge in [-0.3, -0.25) is 11.3 Å². The van der Waals surface area contributed by atoms with Crippen LogP contribution in [0.25, 0.3) is 0 Å². The second-order valence-electron chi connectivity index (χ2n) is 4.66. The molecule has 0 spiro atoms. The summed E-state index contributed by atoms with van der Waals surface area (Å²) in [5.74, 6) is 5.72. The van der Waals surface area contributed by atoms with Crippen molar-refractivity contribution < 1.29 is 8.42 Å². The third-order valence-electron chi connectivity index (χ3n) is 2.93. The molecule has 0 aromatic heterocycles. The first-order chi connectivity index (χ1) is 8.51. The van der Waals surface area contributed by atoms with Crippen LogP contribution in [-0.4, -0.2) is 26.5 Å². The molecule has 0 bridgehead atoms. The first-order valence-corrected chi connectivity index (χ1v) is 8.25. The van der Waals surface area contributed by atoms with Crippen LogP contribution in [0.15, 0.2) is 30.3 Å². The molecular weight excluding hydrogens is 248 g/mol. The topological polar surface area (TPSA) is 72.2 Å². The Morgan fingerprint density at radius 3 is 2.44 bits per heavy atom. The molecule has 0 heterocycles. The summed E-state index contributed by atoms with van der Waals surface area (Å²) >= 11 is 0. The summed E-state index contributed by atoms with van der Waals surface area (Å²) in [7, 11) is -2.86. The van der Waals surface area contributed by atoms with Gasteiger partial charge in [-0.2, -0.15) is 0 Å². The first kappa shape index (κ1) is 15.1. The van der Waals surface area contributed by atoms with Crippen LogP contribution >= 0.6 is 0 Å². The van der Waals surface area contributed by atoms with Crippen LogP contribution in [0.4, 0.5) is 0 Å². The second-order valence-corrected chi connectivity index (χ2v) is 6.92. The van der Waals surface area contributed by atoms with E-state index in [1.165, 1.54) is 11.8 Å². The van der Waals surface area contributed by atoms with Gasteiger partial charge in [0.05, 0.1) is 0 Å². The number of hydrogen-bond acceptors (Lipinski definition) is 4. The van der Waals surface area contributed by atoms with Crippen molar-refractivity contribution in [2.75, 3.05) is 12.0 Å². The molecule has 0 fully saturated rings. The van der Waals surface area contributed by atoms with Gasteiger partial charge in [-0.25, -0.2) is 8.42 Å². The first-order valence-electron chi connectivity index (χ1n) is 6.19. The van der Waals surface area contributed by atoms with Gasteiger partial charge in [-0.05, 0) is 31.2 Å². The number of hydrogen-bond donors (Lipinski definition) is 2. The van der Waals surface area contributed by atoms with Gasteiger partial charge in [0.1, 0.15) is 9.84 Å². The van der Waals surface area contributed by atoms with Crippen molar-refractivity contribution in [3.8, 4) is 0 Å². The van der Waals surface area contributed by atoms with Gasteiger partial charge in [-0.15, -0.1) is 0 Å². The Labute approximate surface area is 109 Å². The molecule has 1 aromatic carbocycles. The van der Waals surface area contributed by atoms with Crippen molar-refractivity contribution in [1.82, 2.24) is 5.43 Å². The van der Waals surface area contributed by atoms with Crippen molar-refractivity contribution >= 4 is 9.84 Å². The van der Waals surface area contributed by atoms with E-state index < -0.39 is 9.84 Å². The Balaban J connectivity index is 2.30. The lowest BCUT2D eigenvalue weighted by Gasteiger charge is -2.15. The fourth-order valence-electron chi connectivity index (χ4n) is 1.89. The van der Waals surface area contributed by atoms with Crippen molar-refractivity contribution in [2.24, 2.45) is 5.84 Å². The van der Waals surface area contributed by atoms with E-state index >= 15 is 0 Å². The van der Waals surface area contributed by atoms with Gasteiger partial charge in [0.15, 0.2) is 0 Å². The molecular formula is C13H22N2O2S. The highest BCUT2D eigenvalue weighted by Gasteiger charge is 2.09. The maximum atomic E-state index is 11.0. The van der Waals surface area contributed by atoms with Gasteiger partial charge in [0.2, 0.25) is 0 Å². The predicted molar refractivity (Wildman–Crippen MR) is 74.8 cm³/mol. The molecule has 1 aromatic rings. The molecule has 0 amide bonds. The minimum absolute atomic E-state index is 0.173. The summed E-state index contributed by atoms with van der Waals surface area (Å²) in [4.78, 5) is 0. The van der Waals surface area contributed by atoms with Crippen LogP contribution < -0.4 is 11.3 Å². The normalized spacial score (nSPS) is 13.4. The van der Waals surface area contributed by atoms with E-state index in [2.05, 4.69) is 17.6 Å². The predicted octanol–water partition coefficient (Wildman–Crippen LogP) is 1.28. The summed E-state index contributed by atoms with van der Waals surface area (Å²) in [6.45, 7) is 0. The molecule has 18 heavy (non-hydrogen) atoms. The minimum atomic E-state index is -2.86. The van der Waals surface area contributed by atoms with E-state index in [1.807, 2.05) is 18.2 Å². The summed E-state index contributed by atoms with van der Waals surface area (Å²) < 4.78 is 22.1. The van der Waals surface area contributed by atoms with Gasteiger partial charge in [-0.1, -0.05) is 30.3 Å². The molecule has 3 N–H and O–H groups in total. The van der Waals surface area contributed by atoms with Crippen LogP contribution in [0, 0.1) is 0 Å². The van der Waals surface area contributed by atoms with Gasteiger partial charge in [0, 0.05) is 18.1 Å². The third kappa shape index (κ3) is 6.74. The Morgan fingerprint density at radius 2 is 1.89 bits per heavy atom. The molecule has 0 radical (unpaired) electrons. The average Bonchev–Trinajstić information content (AvgIpc) is 2.33. The van der Waals surface area contributed by atoms with Crippen LogP contribution in [0.5, 0.6) is 0 Å². The number of aryl methyl sites for hydroxylation is 1. The lowest BCUT2D eigenvalue weighted by molar-refractivity contribution is 0.459. The lowest BCUT2D eigenvalue weighted by atomic mass is 10.0. The SMILES string of the molecule is CS(=O)(=O)CCCC(CCc1ccccc1)NN. The largest absolute Gasteiger partial charge is 0.271 e. The van der Waals surface area contributed by atoms with Crippen molar-refractivity contribution in [2.45, 2.75) is 31.7 Å². The van der Waals surface area contributed by atoms with E-state index in [0.29, 0.717) is 6.42 Å². The minimum Gasteiger partial charge on any atom is -0.271 e. The third-order valence-corrected chi connectivity index (χ3v) is 3.96. The molecule has 1 unspecified atom stereocenters. The molecule has 0 aliphatic heterocycles. The fourth-order valence-corrected chi connectivity index (χ4v) is 2.58. The number of nitrogens with one attached hydrogen (secondary N) is 1. The zero-order chi connectivity index (χ0) is 13.4. The Morgan fingerprint density at radius 1 is 1.22 bits per heavy atom. The van der Waals surface area contributed by atoms with E-state index in [-0.39, 0.29) is 11.8 Å². The van der Waals surface area contributed by atoms with Gasteiger partial charge in [0.25, 0.3) is 0 Å². The summed E-state index contributed by atoms with van der Waals surface area (Å²) in [5, 5.41) is 0. The van der Waals surface area contributed by atoms with Crippen LogP contribution in [0.2, 0.25) is 0 Å². The summed E-state index contributed by atoms with van der Waals surface area (Å²) in [6.07, 6.45) is 4.58. The molecule has 1 rings (SSSR count). The number of hydrazine groups is 1.